The van der Waals surface area contributed by atoms with Gasteiger partial charge in [-0.05, 0) is 85.0 Å². The molecule has 0 radical (unpaired) electrons. The van der Waals surface area contributed by atoms with Gasteiger partial charge in [0.05, 0.1) is 0 Å². The maximum atomic E-state index is 11.4. The van der Waals surface area contributed by atoms with Gasteiger partial charge < -0.3 is 0 Å². The summed E-state index contributed by atoms with van der Waals surface area (Å²) in [4.78, 5) is 11.4. The lowest BCUT2D eigenvalue weighted by molar-refractivity contribution is 0.112. The van der Waals surface area contributed by atoms with Crippen molar-refractivity contribution in [1.29, 1.82) is 0 Å². The van der Waals surface area contributed by atoms with Crippen LogP contribution < -0.4 is 0 Å². The number of hydrogen-bond acceptors (Lipinski definition) is 1. The Morgan fingerprint density at radius 2 is 1.07 bits per heavy atom. The molecule has 28 heavy (non-hydrogen) atoms. The largest absolute Gasteiger partial charge is 0.298 e. The van der Waals surface area contributed by atoms with Crippen molar-refractivity contribution < 1.29 is 4.79 Å². The van der Waals surface area contributed by atoms with E-state index in [9.17, 15) is 4.79 Å². The van der Waals surface area contributed by atoms with Gasteiger partial charge in [0.15, 0.2) is 0 Å². The Morgan fingerprint density at radius 3 is 1.46 bits per heavy atom. The minimum atomic E-state index is 0.784. The quantitative estimate of drug-likeness (QED) is 0.421. The molecule has 1 nitrogen and oxygen atoms in total. The first kappa shape index (κ1) is 21.6. The van der Waals surface area contributed by atoms with E-state index >= 15 is 0 Å². The highest BCUT2D eigenvalue weighted by Crippen LogP contribution is 2.17. The van der Waals surface area contributed by atoms with E-state index in [4.69, 9.17) is 0 Å². The molecule has 0 atom stereocenters. The van der Waals surface area contributed by atoms with Crippen molar-refractivity contribution in [3.8, 4) is 0 Å². The van der Waals surface area contributed by atoms with Crippen molar-refractivity contribution >= 4 is 6.29 Å². The molecule has 0 aliphatic carbocycles. The Kier molecular flexibility index (Phi) is 8.68. The standard InChI is InChI=1S/C25H26O.C2H6/c1-19-7-3-5-9-24(19)13-11-21-15-22(17-23(16-21)18-26)12-14-25-10-6-4-8-20(25)2;1-2/h3-10,15-18H,11-14H2,1-2H3;1-2H3. The molecule has 0 saturated carbocycles. The first-order valence-electron chi connectivity index (χ1n) is 10.3. The van der Waals surface area contributed by atoms with E-state index in [1.165, 1.54) is 33.4 Å². The van der Waals surface area contributed by atoms with Crippen LogP contribution in [0.25, 0.3) is 0 Å². The van der Waals surface area contributed by atoms with E-state index in [1.807, 2.05) is 26.0 Å². The van der Waals surface area contributed by atoms with Crippen LogP contribution in [0.2, 0.25) is 0 Å². The van der Waals surface area contributed by atoms with Crippen molar-refractivity contribution in [3.05, 3.63) is 106 Å². The number of aryl methyl sites for hydroxylation is 6. The van der Waals surface area contributed by atoms with Crippen LogP contribution in [-0.2, 0) is 25.7 Å². The molecular weight excluding hydrogens is 340 g/mol. The molecule has 0 unspecified atom stereocenters. The zero-order valence-electron chi connectivity index (χ0n) is 17.7. The summed E-state index contributed by atoms with van der Waals surface area (Å²) < 4.78 is 0. The van der Waals surface area contributed by atoms with Crippen LogP contribution in [0.15, 0.2) is 66.7 Å². The topological polar surface area (TPSA) is 17.1 Å². The van der Waals surface area contributed by atoms with Crippen molar-refractivity contribution in [2.45, 2.75) is 53.4 Å². The van der Waals surface area contributed by atoms with Gasteiger partial charge in [-0.3, -0.25) is 4.79 Å². The molecule has 146 valence electrons. The van der Waals surface area contributed by atoms with Crippen LogP contribution in [-0.4, -0.2) is 6.29 Å². The SMILES string of the molecule is CC.Cc1ccccc1CCc1cc(C=O)cc(CCc2ccccc2C)c1. The lowest BCUT2D eigenvalue weighted by Gasteiger charge is -2.10. The zero-order chi connectivity index (χ0) is 20.4. The summed E-state index contributed by atoms with van der Waals surface area (Å²) in [7, 11) is 0. The minimum Gasteiger partial charge on any atom is -0.298 e. The highest BCUT2D eigenvalue weighted by Gasteiger charge is 2.05. The third kappa shape index (κ3) is 6.20. The summed E-state index contributed by atoms with van der Waals surface area (Å²) in [5.41, 5.74) is 8.70. The second-order valence-electron chi connectivity index (χ2n) is 7.05. The average Bonchev–Trinajstić information content (AvgIpc) is 2.74. The number of rotatable bonds is 7. The molecule has 0 aromatic heterocycles. The number of carbonyl (C=O) groups excluding carboxylic acids is 1. The molecule has 3 aromatic rings. The Bertz CT molecular complexity index is 825. The van der Waals surface area contributed by atoms with Gasteiger partial charge in [-0.15, -0.1) is 0 Å². The highest BCUT2D eigenvalue weighted by atomic mass is 16.1. The molecule has 0 aliphatic heterocycles. The van der Waals surface area contributed by atoms with E-state index in [-0.39, 0.29) is 0 Å². The minimum absolute atomic E-state index is 0.784. The van der Waals surface area contributed by atoms with Crippen molar-refractivity contribution in [2.24, 2.45) is 0 Å². The number of hydrogen-bond donors (Lipinski definition) is 0. The Balaban J connectivity index is 0.00000136. The fourth-order valence-electron chi connectivity index (χ4n) is 3.49. The van der Waals surface area contributed by atoms with Crippen LogP contribution in [0.5, 0.6) is 0 Å². The van der Waals surface area contributed by atoms with E-state index in [0.29, 0.717) is 0 Å². The normalized spacial score (nSPS) is 10.1. The van der Waals surface area contributed by atoms with Gasteiger partial charge in [0.25, 0.3) is 0 Å². The molecule has 3 rings (SSSR count). The van der Waals surface area contributed by atoms with Crippen LogP contribution in [0.3, 0.4) is 0 Å². The number of aldehydes is 1. The number of benzene rings is 3. The molecular formula is C27H32O. The first-order chi connectivity index (χ1) is 13.7. The second kappa shape index (κ2) is 11.2. The van der Waals surface area contributed by atoms with Crippen LogP contribution in [0, 0.1) is 13.8 Å². The van der Waals surface area contributed by atoms with Gasteiger partial charge >= 0.3 is 0 Å². The molecule has 0 aliphatic rings. The molecule has 0 bridgehead atoms. The monoisotopic (exact) mass is 372 g/mol. The van der Waals surface area contributed by atoms with Crippen LogP contribution in [0.1, 0.15) is 57.6 Å². The van der Waals surface area contributed by atoms with Crippen LogP contribution >= 0.6 is 0 Å². The molecule has 1 heteroatoms. The fourth-order valence-corrected chi connectivity index (χ4v) is 3.49. The fraction of sp³-hybridized carbons (Fsp3) is 0.296. The lowest BCUT2D eigenvalue weighted by atomic mass is 9.95. The van der Waals surface area contributed by atoms with Gasteiger partial charge in [0.1, 0.15) is 6.29 Å². The van der Waals surface area contributed by atoms with Crippen molar-refractivity contribution in [1.82, 2.24) is 0 Å². The third-order valence-corrected chi connectivity index (χ3v) is 5.10. The first-order valence-corrected chi connectivity index (χ1v) is 10.3. The van der Waals surface area contributed by atoms with Crippen molar-refractivity contribution in [2.75, 3.05) is 0 Å². The van der Waals surface area contributed by atoms with Gasteiger partial charge in [0, 0.05) is 5.56 Å². The maximum Gasteiger partial charge on any atom is 0.150 e. The molecule has 3 aromatic carbocycles. The van der Waals surface area contributed by atoms with E-state index < -0.39 is 0 Å². The molecule has 0 saturated heterocycles. The molecule has 0 N–H and O–H groups in total. The summed E-state index contributed by atoms with van der Waals surface area (Å²) >= 11 is 0. The molecule has 0 spiro atoms. The average molecular weight is 373 g/mol. The van der Waals surface area contributed by atoms with Gasteiger partial charge in [-0.1, -0.05) is 68.4 Å². The summed E-state index contributed by atoms with van der Waals surface area (Å²) in [6, 6.07) is 23.4. The van der Waals surface area contributed by atoms with Crippen molar-refractivity contribution in [3.63, 3.8) is 0 Å². The summed E-state index contributed by atoms with van der Waals surface area (Å²) in [5, 5.41) is 0. The Labute approximate surface area is 170 Å². The van der Waals surface area contributed by atoms with Gasteiger partial charge in [0.2, 0.25) is 0 Å². The smallest absolute Gasteiger partial charge is 0.150 e. The lowest BCUT2D eigenvalue weighted by Crippen LogP contribution is -1.99. The summed E-state index contributed by atoms with van der Waals surface area (Å²) in [6.07, 6.45) is 4.90. The molecule has 0 heterocycles. The predicted molar refractivity (Wildman–Crippen MR) is 120 cm³/mol. The van der Waals surface area contributed by atoms with E-state index in [1.54, 1.807) is 0 Å². The third-order valence-electron chi connectivity index (χ3n) is 5.10. The molecule has 0 amide bonds. The predicted octanol–water partition coefficient (Wildman–Crippen LogP) is 6.71. The summed E-state index contributed by atoms with van der Waals surface area (Å²) in [6.45, 7) is 8.32. The summed E-state index contributed by atoms with van der Waals surface area (Å²) in [5.74, 6) is 0. The van der Waals surface area contributed by atoms with Gasteiger partial charge in [-0.2, -0.15) is 0 Å². The zero-order valence-corrected chi connectivity index (χ0v) is 17.7. The van der Waals surface area contributed by atoms with E-state index in [0.717, 1.165) is 37.5 Å². The number of carbonyl (C=O) groups is 1. The maximum absolute atomic E-state index is 11.4. The van der Waals surface area contributed by atoms with Gasteiger partial charge in [-0.25, -0.2) is 0 Å². The highest BCUT2D eigenvalue weighted by molar-refractivity contribution is 5.75. The molecule has 0 fully saturated rings. The van der Waals surface area contributed by atoms with E-state index in [2.05, 4.69) is 68.4 Å². The second-order valence-corrected chi connectivity index (χ2v) is 7.05. The Hall–Kier alpha value is -2.67. The van der Waals surface area contributed by atoms with Crippen LogP contribution in [0.4, 0.5) is 0 Å². The Morgan fingerprint density at radius 1 is 0.643 bits per heavy atom.